The zero-order chi connectivity index (χ0) is 15.7. The summed E-state index contributed by atoms with van der Waals surface area (Å²) in [6.45, 7) is 2.98. The van der Waals surface area contributed by atoms with Crippen LogP contribution in [0.4, 0.5) is 0 Å². The second-order valence-corrected chi connectivity index (χ2v) is 9.36. The van der Waals surface area contributed by atoms with E-state index in [0.717, 1.165) is 25.7 Å². The molecular formula is C15H22N2O3S2. The van der Waals surface area contributed by atoms with Crippen LogP contribution in [-0.4, -0.2) is 37.8 Å². The molecule has 3 rings (SSSR count). The number of rotatable bonds is 5. The lowest BCUT2D eigenvalue weighted by Crippen LogP contribution is -2.42. The summed E-state index contributed by atoms with van der Waals surface area (Å²) < 4.78 is 26.9. The fourth-order valence-electron chi connectivity index (χ4n) is 2.93. The third-order valence-electron chi connectivity index (χ3n) is 4.63. The van der Waals surface area contributed by atoms with Crippen molar-refractivity contribution in [3.8, 4) is 0 Å². The average Bonchev–Trinajstić information content (AvgIpc) is 3.15. The number of carbonyl (C=O) groups excluding carboxylic acids is 1. The van der Waals surface area contributed by atoms with Crippen LogP contribution in [0, 0.1) is 11.8 Å². The van der Waals surface area contributed by atoms with E-state index >= 15 is 0 Å². The molecule has 1 N–H and O–H groups in total. The van der Waals surface area contributed by atoms with Gasteiger partial charge in [-0.25, -0.2) is 8.42 Å². The van der Waals surface area contributed by atoms with Gasteiger partial charge in [-0.15, -0.1) is 11.3 Å². The molecule has 22 heavy (non-hydrogen) atoms. The van der Waals surface area contributed by atoms with Crippen LogP contribution in [0.2, 0.25) is 0 Å². The van der Waals surface area contributed by atoms with Crippen molar-refractivity contribution in [3.63, 3.8) is 0 Å². The van der Waals surface area contributed by atoms with E-state index in [1.807, 2.05) is 6.92 Å². The minimum atomic E-state index is -3.35. The van der Waals surface area contributed by atoms with E-state index in [1.165, 1.54) is 11.3 Å². The second-order valence-electron chi connectivity index (χ2n) is 6.25. The van der Waals surface area contributed by atoms with Gasteiger partial charge in [0.05, 0.1) is 0 Å². The van der Waals surface area contributed by atoms with Gasteiger partial charge in [-0.2, -0.15) is 4.31 Å². The Hall–Kier alpha value is -0.920. The lowest BCUT2D eigenvalue weighted by molar-refractivity contribution is -0.126. The Bertz CT molecular complexity index is 615. The van der Waals surface area contributed by atoms with E-state index in [1.54, 1.807) is 21.8 Å². The highest BCUT2D eigenvalue weighted by Gasteiger charge is 2.35. The average molecular weight is 342 g/mol. The SMILES string of the molecule is C[C@H](C(=O)NC1CC1)C1CCN(S(=O)(=O)c2cccs2)CC1. The van der Waals surface area contributed by atoms with Gasteiger partial charge in [0.2, 0.25) is 5.91 Å². The number of nitrogens with zero attached hydrogens (tertiary/aromatic N) is 1. The number of nitrogens with one attached hydrogen (secondary N) is 1. The quantitative estimate of drug-likeness (QED) is 0.891. The molecule has 7 heteroatoms. The minimum absolute atomic E-state index is 0.0350. The molecule has 0 spiro atoms. The van der Waals surface area contributed by atoms with Crippen molar-refractivity contribution in [1.82, 2.24) is 9.62 Å². The summed E-state index contributed by atoms with van der Waals surface area (Å²) in [4.78, 5) is 12.1. The zero-order valence-corrected chi connectivity index (χ0v) is 14.3. The smallest absolute Gasteiger partial charge is 0.252 e. The molecule has 0 radical (unpaired) electrons. The van der Waals surface area contributed by atoms with Crippen LogP contribution in [0.5, 0.6) is 0 Å². The summed E-state index contributed by atoms with van der Waals surface area (Å²) in [5.74, 6) is 0.364. The summed E-state index contributed by atoms with van der Waals surface area (Å²) in [5, 5.41) is 4.83. The van der Waals surface area contributed by atoms with Crippen LogP contribution in [-0.2, 0) is 14.8 Å². The third-order valence-corrected chi connectivity index (χ3v) is 7.90. The van der Waals surface area contributed by atoms with E-state index in [-0.39, 0.29) is 17.7 Å². The van der Waals surface area contributed by atoms with Crippen LogP contribution in [0.1, 0.15) is 32.6 Å². The van der Waals surface area contributed by atoms with E-state index < -0.39 is 10.0 Å². The molecule has 2 fully saturated rings. The first-order valence-corrected chi connectivity index (χ1v) is 10.1. The molecule has 0 unspecified atom stereocenters. The number of hydrogen-bond acceptors (Lipinski definition) is 4. The summed E-state index contributed by atoms with van der Waals surface area (Å²) in [6, 6.07) is 3.79. The Morgan fingerprint density at radius 1 is 1.32 bits per heavy atom. The number of thiophene rings is 1. The molecule has 5 nitrogen and oxygen atoms in total. The second kappa shape index (κ2) is 6.29. The summed E-state index contributed by atoms with van der Waals surface area (Å²) in [5.41, 5.74) is 0. The maximum atomic E-state index is 12.5. The van der Waals surface area contributed by atoms with Crippen LogP contribution < -0.4 is 5.32 Å². The molecule has 122 valence electrons. The molecule has 1 saturated carbocycles. The normalized spacial score (nSPS) is 22.4. The molecule has 1 aliphatic carbocycles. The summed E-state index contributed by atoms with van der Waals surface area (Å²) in [7, 11) is -3.35. The summed E-state index contributed by atoms with van der Waals surface area (Å²) in [6.07, 6.45) is 3.69. The lowest BCUT2D eigenvalue weighted by atomic mass is 9.85. The first-order valence-electron chi connectivity index (χ1n) is 7.82. The Morgan fingerprint density at radius 3 is 2.55 bits per heavy atom. The van der Waals surface area contributed by atoms with Crippen LogP contribution in [0.25, 0.3) is 0 Å². The molecule has 2 aliphatic rings. The van der Waals surface area contributed by atoms with Crippen molar-refractivity contribution >= 4 is 27.3 Å². The number of sulfonamides is 1. The molecular weight excluding hydrogens is 320 g/mol. The molecule has 0 bridgehead atoms. The zero-order valence-electron chi connectivity index (χ0n) is 12.7. The molecule has 1 aromatic heterocycles. The minimum Gasteiger partial charge on any atom is -0.353 e. The number of carbonyl (C=O) groups is 1. The highest BCUT2D eigenvalue weighted by Crippen LogP contribution is 2.30. The molecule has 1 atom stereocenters. The van der Waals surface area contributed by atoms with Crippen LogP contribution >= 0.6 is 11.3 Å². The van der Waals surface area contributed by atoms with Gasteiger partial charge in [0.15, 0.2) is 0 Å². The van der Waals surface area contributed by atoms with Gasteiger partial charge in [-0.1, -0.05) is 13.0 Å². The molecule has 1 aliphatic heterocycles. The van der Waals surface area contributed by atoms with E-state index in [9.17, 15) is 13.2 Å². The Kier molecular flexibility index (Phi) is 4.56. The van der Waals surface area contributed by atoms with Crippen molar-refractivity contribution in [2.45, 2.75) is 42.9 Å². The van der Waals surface area contributed by atoms with Gasteiger partial charge < -0.3 is 5.32 Å². The fraction of sp³-hybridized carbons (Fsp3) is 0.667. The van der Waals surface area contributed by atoms with Crippen LogP contribution in [0.15, 0.2) is 21.7 Å². The van der Waals surface area contributed by atoms with Crippen molar-refractivity contribution in [2.75, 3.05) is 13.1 Å². The van der Waals surface area contributed by atoms with Gasteiger partial charge in [0.25, 0.3) is 10.0 Å². The fourth-order valence-corrected chi connectivity index (χ4v) is 5.54. The molecule has 1 aromatic rings. The maximum Gasteiger partial charge on any atom is 0.252 e. The summed E-state index contributed by atoms with van der Waals surface area (Å²) >= 11 is 1.26. The van der Waals surface area contributed by atoms with Crippen molar-refractivity contribution in [1.29, 1.82) is 0 Å². The third kappa shape index (κ3) is 3.36. The number of hydrogen-bond donors (Lipinski definition) is 1. The van der Waals surface area contributed by atoms with E-state index in [2.05, 4.69) is 5.32 Å². The van der Waals surface area contributed by atoms with Gasteiger partial charge in [0.1, 0.15) is 4.21 Å². The molecule has 2 heterocycles. The Balaban J connectivity index is 1.57. The lowest BCUT2D eigenvalue weighted by Gasteiger charge is -2.33. The topological polar surface area (TPSA) is 66.5 Å². The van der Waals surface area contributed by atoms with Crippen molar-refractivity contribution in [3.05, 3.63) is 17.5 Å². The van der Waals surface area contributed by atoms with Crippen molar-refractivity contribution in [2.24, 2.45) is 11.8 Å². The van der Waals surface area contributed by atoms with Crippen molar-refractivity contribution < 1.29 is 13.2 Å². The number of amides is 1. The highest BCUT2D eigenvalue weighted by molar-refractivity contribution is 7.91. The number of piperidine rings is 1. The largest absolute Gasteiger partial charge is 0.353 e. The molecule has 0 aromatic carbocycles. The van der Waals surface area contributed by atoms with Crippen LogP contribution in [0.3, 0.4) is 0 Å². The predicted molar refractivity (Wildman–Crippen MR) is 86.1 cm³/mol. The van der Waals surface area contributed by atoms with Gasteiger partial charge in [-0.05, 0) is 43.0 Å². The van der Waals surface area contributed by atoms with Gasteiger partial charge in [-0.3, -0.25) is 4.79 Å². The monoisotopic (exact) mass is 342 g/mol. The van der Waals surface area contributed by atoms with E-state index in [4.69, 9.17) is 0 Å². The predicted octanol–water partition coefficient (Wildman–Crippen LogP) is 2.06. The van der Waals surface area contributed by atoms with Gasteiger partial charge in [0, 0.05) is 25.0 Å². The standard InChI is InChI=1S/C15H22N2O3S2/c1-11(15(18)16-13-4-5-13)12-6-8-17(9-7-12)22(19,20)14-3-2-10-21-14/h2-3,10-13H,4-9H2,1H3,(H,16,18)/t11-/m0/s1. The molecule has 1 saturated heterocycles. The first-order chi connectivity index (χ1) is 10.5. The Morgan fingerprint density at radius 2 is 2.00 bits per heavy atom. The highest BCUT2D eigenvalue weighted by atomic mass is 32.2. The van der Waals surface area contributed by atoms with E-state index in [0.29, 0.717) is 23.3 Å². The van der Waals surface area contributed by atoms with Gasteiger partial charge >= 0.3 is 0 Å². The molecule has 1 amide bonds. The maximum absolute atomic E-state index is 12.5. The Labute approximate surface area is 135 Å². The first kappa shape index (κ1) is 16.0.